The average molecular weight is 534 g/mol. The molecule has 204 valence electrons. The number of benzene rings is 2. The topological polar surface area (TPSA) is 171 Å². The number of ether oxygens (including phenoxy) is 1. The molecular formula is C29H31N3O7. The molecule has 0 aromatic heterocycles. The monoisotopic (exact) mass is 533 g/mol. The highest BCUT2D eigenvalue weighted by Gasteiger charge is 2.50. The molecule has 10 heteroatoms. The maximum atomic E-state index is 13.8. The molecule has 0 spiro atoms. The Morgan fingerprint density at radius 3 is 2.51 bits per heavy atom. The van der Waals surface area contributed by atoms with Gasteiger partial charge in [-0.25, -0.2) is 0 Å². The van der Waals surface area contributed by atoms with E-state index in [1.807, 2.05) is 24.3 Å². The lowest BCUT2D eigenvalue weighted by Gasteiger charge is -2.41. The van der Waals surface area contributed by atoms with Gasteiger partial charge in [0.25, 0.3) is 5.91 Å². The molecule has 0 heterocycles. The van der Waals surface area contributed by atoms with Crippen molar-refractivity contribution in [1.29, 1.82) is 0 Å². The van der Waals surface area contributed by atoms with Gasteiger partial charge in [-0.15, -0.1) is 0 Å². The first-order chi connectivity index (χ1) is 18.7. The quantitative estimate of drug-likeness (QED) is 0.231. The zero-order valence-corrected chi connectivity index (χ0v) is 21.7. The van der Waals surface area contributed by atoms with Crippen molar-refractivity contribution in [2.45, 2.75) is 32.4 Å². The predicted molar refractivity (Wildman–Crippen MR) is 142 cm³/mol. The van der Waals surface area contributed by atoms with Crippen LogP contribution in [0.1, 0.15) is 39.9 Å². The van der Waals surface area contributed by atoms with E-state index in [9.17, 15) is 29.7 Å². The third kappa shape index (κ3) is 4.30. The normalized spacial score (nSPS) is 22.3. The van der Waals surface area contributed by atoms with Gasteiger partial charge in [0.05, 0.1) is 18.6 Å². The lowest BCUT2D eigenvalue weighted by Crippen LogP contribution is -2.43. The lowest BCUT2D eigenvalue weighted by atomic mass is 9.62. The van der Waals surface area contributed by atoms with Gasteiger partial charge >= 0.3 is 0 Å². The first-order valence-corrected chi connectivity index (χ1v) is 12.8. The molecule has 1 amide bonds. The Bertz CT molecular complexity index is 1460. The Morgan fingerprint density at radius 2 is 1.82 bits per heavy atom. The van der Waals surface area contributed by atoms with Gasteiger partial charge < -0.3 is 36.4 Å². The van der Waals surface area contributed by atoms with Gasteiger partial charge in [-0.3, -0.25) is 14.4 Å². The number of ketones is 2. The molecule has 0 bridgehead atoms. The number of phenolic OH excluding ortho intramolecular Hbond substituents is 1. The number of nitrogens with two attached hydrogens (primary N) is 1. The Morgan fingerprint density at radius 1 is 1.10 bits per heavy atom. The molecule has 0 saturated heterocycles. The fourth-order valence-corrected chi connectivity index (χ4v) is 6.30. The molecule has 3 unspecified atom stereocenters. The number of hydrogen-bond donors (Lipinski definition) is 6. The van der Waals surface area contributed by atoms with Crippen molar-refractivity contribution in [3.05, 3.63) is 75.3 Å². The number of methoxy groups -OCH3 is 1. The summed E-state index contributed by atoms with van der Waals surface area (Å²) in [6, 6.07) is 9.37. The van der Waals surface area contributed by atoms with Gasteiger partial charge in [0.15, 0.2) is 11.6 Å². The number of carbonyl (C=O) groups is 3. The van der Waals surface area contributed by atoms with Crippen molar-refractivity contribution in [3.63, 3.8) is 0 Å². The minimum atomic E-state index is -1.14. The van der Waals surface area contributed by atoms with Gasteiger partial charge in [0.2, 0.25) is 0 Å². The maximum Gasteiger partial charge on any atom is 0.255 e. The summed E-state index contributed by atoms with van der Waals surface area (Å²) in [5, 5.41) is 39.2. The molecule has 3 aliphatic carbocycles. The van der Waals surface area contributed by atoms with E-state index >= 15 is 0 Å². The number of amides is 1. The van der Waals surface area contributed by atoms with Crippen LogP contribution in [0.2, 0.25) is 0 Å². The van der Waals surface area contributed by atoms with E-state index in [-0.39, 0.29) is 35.6 Å². The van der Waals surface area contributed by atoms with E-state index in [2.05, 4.69) is 10.6 Å². The molecule has 3 aliphatic rings. The summed E-state index contributed by atoms with van der Waals surface area (Å²) in [6.45, 7) is 0.716. The number of aliphatic hydroxyl groups excluding tert-OH is 2. The summed E-state index contributed by atoms with van der Waals surface area (Å²) in [7, 11) is 3.33. The number of primary amides is 1. The van der Waals surface area contributed by atoms with Crippen LogP contribution in [-0.4, -0.2) is 47.0 Å². The number of para-hydroxylation sites is 1. The zero-order valence-electron chi connectivity index (χ0n) is 21.7. The van der Waals surface area contributed by atoms with Gasteiger partial charge in [-0.2, -0.15) is 0 Å². The fraction of sp³-hybridized carbons (Fsp3) is 0.345. The molecule has 2 aromatic carbocycles. The zero-order chi connectivity index (χ0) is 28.0. The highest BCUT2D eigenvalue weighted by molar-refractivity contribution is 6.22. The van der Waals surface area contributed by atoms with Gasteiger partial charge in [-0.1, -0.05) is 18.2 Å². The lowest BCUT2D eigenvalue weighted by molar-refractivity contribution is -0.126. The molecule has 0 radical (unpaired) electrons. The van der Waals surface area contributed by atoms with Crippen LogP contribution < -0.4 is 21.1 Å². The molecule has 0 saturated carbocycles. The van der Waals surface area contributed by atoms with Crippen molar-refractivity contribution in [2.75, 3.05) is 19.5 Å². The molecule has 2 aromatic rings. The maximum absolute atomic E-state index is 13.8. The Labute approximate surface area is 225 Å². The van der Waals surface area contributed by atoms with Crippen LogP contribution in [0.5, 0.6) is 11.5 Å². The van der Waals surface area contributed by atoms with Crippen molar-refractivity contribution < 1.29 is 34.4 Å². The average Bonchev–Trinajstić information content (AvgIpc) is 2.89. The Hall–Kier alpha value is -4.31. The number of carbonyl (C=O) groups excluding carboxylic acids is 3. The Kier molecular flexibility index (Phi) is 6.82. The van der Waals surface area contributed by atoms with Crippen LogP contribution >= 0.6 is 0 Å². The van der Waals surface area contributed by atoms with Crippen molar-refractivity contribution >= 4 is 23.2 Å². The van der Waals surface area contributed by atoms with E-state index in [1.165, 1.54) is 0 Å². The van der Waals surface area contributed by atoms with Crippen molar-refractivity contribution in [1.82, 2.24) is 5.32 Å². The van der Waals surface area contributed by atoms with Crippen LogP contribution in [0.3, 0.4) is 0 Å². The van der Waals surface area contributed by atoms with Crippen LogP contribution in [0.25, 0.3) is 0 Å². The number of aliphatic hydroxyl groups is 2. The van der Waals surface area contributed by atoms with Crippen LogP contribution in [-0.2, 0) is 29.1 Å². The van der Waals surface area contributed by atoms with E-state index in [0.717, 1.165) is 11.3 Å². The Balaban J connectivity index is 1.49. The number of fused-ring (bicyclic) bond motifs is 3. The van der Waals surface area contributed by atoms with Crippen LogP contribution in [0.4, 0.5) is 5.69 Å². The number of anilines is 1. The molecule has 10 nitrogen and oxygen atoms in total. The van der Waals surface area contributed by atoms with Gasteiger partial charge in [0.1, 0.15) is 28.6 Å². The first kappa shape index (κ1) is 26.3. The number of rotatable bonds is 7. The molecule has 7 N–H and O–H groups in total. The summed E-state index contributed by atoms with van der Waals surface area (Å²) >= 11 is 0. The molecule has 0 fully saturated rings. The molecule has 0 aliphatic heterocycles. The number of aromatic hydroxyl groups is 1. The smallest absolute Gasteiger partial charge is 0.255 e. The molecular weight excluding hydrogens is 502 g/mol. The molecule has 3 atom stereocenters. The van der Waals surface area contributed by atoms with Crippen molar-refractivity contribution in [2.24, 2.45) is 23.5 Å². The van der Waals surface area contributed by atoms with Gasteiger partial charge in [-0.05, 0) is 42.4 Å². The summed E-state index contributed by atoms with van der Waals surface area (Å²) < 4.78 is 5.39. The second-order valence-corrected chi connectivity index (χ2v) is 10.2. The second kappa shape index (κ2) is 10.1. The van der Waals surface area contributed by atoms with Crippen LogP contribution in [0.15, 0.2) is 53.0 Å². The fourth-order valence-electron chi connectivity index (χ4n) is 6.30. The number of hydrogen-bond acceptors (Lipinski definition) is 9. The number of phenols is 1. The summed E-state index contributed by atoms with van der Waals surface area (Å²) in [4.78, 5) is 38.7. The first-order valence-electron chi connectivity index (χ1n) is 12.8. The van der Waals surface area contributed by atoms with E-state index in [1.54, 1.807) is 20.2 Å². The molecule has 5 rings (SSSR count). The molecule has 39 heavy (non-hydrogen) atoms. The minimum Gasteiger partial charge on any atom is -0.511 e. The standard InChI is InChI=1S/C29H31N3O7/c1-31-18-9-16(12-32-11-13-5-3-4-6-20(13)39-2)25(34)23-17(18)8-14-7-15-10-19(33)24(29(30)38)28(37)22(15)26(35)21(14)27(23)36/h3-6,9,14-15,22,31-35H,7-8,10-12H2,1-2H3,(H2,30,38). The van der Waals surface area contributed by atoms with Crippen LogP contribution in [0, 0.1) is 17.8 Å². The van der Waals surface area contributed by atoms with E-state index in [0.29, 0.717) is 36.2 Å². The number of allylic oxidation sites excluding steroid dienone is 3. The highest BCUT2D eigenvalue weighted by atomic mass is 16.5. The number of nitrogens with one attached hydrogen (secondary N) is 2. The van der Waals surface area contributed by atoms with Crippen molar-refractivity contribution in [3.8, 4) is 11.5 Å². The highest BCUT2D eigenvalue weighted by Crippen LogP contribution is 2.50. The summed E-state index contributed by atoms with van der Waals surface area (Å²) in [5.41, 5.74) is 7.67. The van der Waals surface area contributed by atoms with E-state index < -0.39 is 46.6 Å². The minimum absolute atomic E-state index is 0.00447. The summed E-state index contributed by atoms with van der Waals surface area (Å²) in [5.74, 6) is -4.69. The van der Waals surface area contributed by atoms with E-state index in [4.69, 9.17) is 10.5 Å². The summed E-state index contributed by atoms with van der Waals surface area (Å²) in [6.07, 6.45) is 0.706. The number of Topliss-reactive ketones (excluding diaryl/α,β-unsaturated/α-hetero) is 2. The largest absolute Gasteiger partial charge is 0.511 e. The third-order valence-corrected chi connectivity index (χ3v) is 8.06. The second-order valence-electron chi connectivity index (χ2n) is 10.2. The van der Waals surface area contributed by atoms with Gasteiger partial charge in [0, 0.05) is 48.9 Å². The third-order valence-electron chi connectivity index (χ3n) is 8.06. The predicted octanol–water partition coefficient (Wildman–Crippen LogP) is 2.81. The SMILES string of the molecule is CNc1cc(CNCc2ccccc2OC)c(O)c2c1CC1CC3CC(O)=C(C(N)=O)C(=O)C3C(O)=C1C2=O.